The van der Waals surface area contributed by atoms with Crippen molar-refractivity contribution in [1.82, 2.24) is 9.36 Å². The number of piperidine rings is 1. The van der Waals surface area contributed by atoms with E-state index in [4.69, 9.17) is 5.73 Å². The molecule has 0 amide bonds. The molecule has 88 valence electrons. The molecule has 0 spiro atoms. The molecule has 2 aliphatic rings. The summed E-state index contributed by atoms with van der Waals surface area (Å²) in [6.07, 6.45) is 3.62. The minimum absolute atomic E-state index is 0.354. The van der Waals surface area contributed by atoms with Crippen molar-refractivity contribution >= 4 is 16.7 Å². The highest BCUT2D eigenvalue weighted by Gasteiger charge is 2.30. The highest BCUT2D eigenvalue weighted by Crippen LogP contribution is 2.40. The maximum atomic E-state index is 6.02. The Kier molecular flexibility index (Phi) is 2.59. The summed E-state index contributed by atoms with van der Waals surface area (Å²) in [6.45, 7) is 4.28. The molecule has 0 radical (unpaired) electrons. The van der Waals surface area contributed by atoms with Crippen LogP contribution in [0, 0.1) is 5.92 Å². The molecule has 1 saturated heterocycles. The Morgan fingerprint density at radius 3 is 2.88 bits per heavy atom. The van der Waals surface area contributed by atoms with Gasteiger partial charge in [0.2, 0.25) is 5.13 Å². The van der Waals surface area contributed by atoms with Crippen molar-refractivity contribution in [2.24, 2.45) is 11.7 Å². The molecule has 2 heterocycles. The summed E-state index contributed by atoms with van der Waals surface area (Å²) < 4.78 is 4.46. The number of rotatable bonds is 2. The predicted molar refractivity (Wildman–Crippen MR) is 65.9 cm³/mol. The zero-order valence-corrected chi connectivity index (χ0v) is 10.4. The van der Waals surface area contributed by atoms with Crippen molar-refractivity contribution in [3.05, 3.63) is 5.82 Å². The van der Waals surface area contributed by atoms with Crippen LogP contribution < -0.4 is 10.6 Å². The summed E-state index contributed by atoms with van der Waals surface area (Å²) in [5.41, 5.74) is 6.02. The van der Waals surface area contributed by atoms with Gasteiger partial charge < -0.3 is 10.6 Å². The Morgan fingerprint density at radius 2 is 2.19 bits per heavy atom. The molecule has 1 saturated carbocycles. The second-order valence-corrected chi connectivity index (χ2v) is 5.82. The van der Waals surface area contributed by atoms with Gasteiger partial charge in [-0.2, -0.15) is 4.37 Å². The maximum absolute atomic E-state index is 6.02. The first kappa shape index (κ1) is 10.5. The molecule has 5 heteroatoms. The number of nitrogens with zero attached hydrogens (tertiary/aromatic N) is 3. The molecule has 1 aliphatic heterocycles. The Morgan fingerprint density at radius 1 is 1.38 bits per heavy atom. The van der Waals surface area contributed by atoms with E-state index in [1.165, 1.54) is 12.8 Å². The lowest BCUT2D eigenvalue weighted by Crippen LogP contribution is -2.45. The third-order valence-corrected chi connectivity index (χ3v) is 4.41. The summed E-state index contributed by atoms with van der Waals surface area (Å²) in [6, 6.07) is 0.354. The molecular weight excluding hydrogens is 220 g/mol. The first-order valence-electron chi connectivity index (χ1n) is 6.08. The number of hydrogen-bond acceptors (Lipinski definition) is 5. The summed E-state index contributed by atoms with van der Waals surface area (Å²) in [7, 11) is 0. The van der Waals surface area contributed by atoms with Crippen molar-refractivity contribution in [2.45, 2.75) is 38.1 Å². The quantitative estimate of drug-likeness (QED) is 0.850. The number of anilines is 1. The maximum Gasteiger partial charge on any atom is 0.205 e. The van der Waals surface area contributed by atoms with E-state index in [1.54, 1.807) is 11.5 Å². The van der Waals surface area contributed by atoms with Crippen molar-refractivity contribution in [2.75, 3.05) is 18.0 Å². The minimum atomic E-state index is 0.354. The molecule has 3 rings (SSSR count). The molecular formula is C11H18N4S. The molecule has 2 N–H and O–H groups in total. The number of aromatic nitrogens is 2. The first-order valence-corrected chi connectivity index (χ1v) is 6.85. The third-order valence-electron chi connectivity index (χ3n) is 3.62. The van der Waals surface area contributed by atoms with Crippen LogP contribution >= 0.6 is 11.5 Å². The highest BCUT2D eigenvalue weighted by atomic mass is 32.1. The van der Waals surface area contributed by atoms with Crippen LogP contribution in [0.1, 0.15) is 37.9 Å². The SMILES string of the molecule is CC1CN(c2nc(C3CC3)ns2)CCC1N. The van der Waals surface area contributed by atoms with Crippen LogP contribution in [0.4, 0.5) is 5.13 Å². The first-order chi connectivity index (χ1) is 7.74. The second kappa shape index (κ2) is 3.96. The Balaban J connectivity index is 1.71. The van der Waals surface area contributed by atoms with E-state index in [0.717, 1.165) is 30.5 Å². The minimum Gasteiger partial charge on any atom is -0.346 e. The zero-order chi connectivity index (χ0) is 11.1. The summed E-state index contributed by atoms with van der Waals surface area (Å²) in [5, 5.41) is 1.10. The van der Waals surface area contributed by atoms with Crippen LogP contribution in [0.15, 0.2) is 0 Å². The largest absolute Gasteiger partial charge is 0.346 e. The van der Waals surface area contributed by atoms with Crippen LogP contribution in [-0.4, -0.2) is 28.5 Å². The van der Waals surface area contributed by atoms with Gasteiger partial charge >= 0.3 is 0 Å². The fourth-order valence-electron chi connectivity index (χ4n) is 2.20. The molecule has 16 heavy (non-hydrogen) atoms. The van der Waals surface area contributed by atoms with E-state index in [-0.39, 0.29) is 0 Å². The van der Waals surface area contributed by atoms with Crippen molar-refractivity contribution in [3.63, 3.8) is 0 Å². The van der Waals surface area contributed by atoms with Gasteiger partial charge in [-0.25, -0.2) is 4.98 Å². The van der Waals surface area contributed by atoms with Crippen LogP contribution in [0.25, 0.3) is 0 Å². The molecule has 2 atom stereocenters. The van der Waals surface area contributed by atoms with Crippen molar-refractivity contribution in [1.29, 1.82) is 0 Å². The van der Waals surface area contributed by atoms with Gasteiger partial charge in [0.15, 0.2) is 0 Å². The molecule has 0 aromatic carbocycles. The average molecular weight is 238 g/mol. The normalized spacial score (nSPS) is 30.8. The molecule has 4 nitrogen and oxygen atoms in total. The highest BCUT2D eigenvalue weighted by molar-refractivity contribution is 7.09. The zero-order valence-electron chi connectivity index (χ0n) is 9.59. The lowest BCUT2D eigenvalue weighted by Gasteiger charge is -2.34. The fourth-order valence-corrected chi connectivity index (χ4v) is 2.98. The number of nitrogens with two attached hydrogens (primary N) is 1. The standard InChI is InChI=1S/C11H18N4S/c1-7-6-15(5-4-9(7)12)11-13-10(14-16-11)8-2-3-8/h7-9H,2-6,12H2,1H3. The molecule has 2 unspecified atom stereocenters. The van der Waals surface area contributed by atoms with Crippen LogP contribution in [0.2, 0.25) is 0 Å². The van der Waals surface area contributed by atoms with Gasteiger partial charge in [0, 0.05) is 36.6 Å². The van der Waals surface area contributed by atoms with Crippen molar-refractivity contribution < 1.29 is 0 Å². The van der Waals surface area contributed by atoms with Gasteiger partial charge in [0.25, 0.3) is 0 Å². The summed E-state index contributed by atoms with van der Waals surface area (Å²) in [4.78, 5) is 6.99. The number of hydrogen-bond donors (Lipinski definition) is 1. The van der Waals surface area contributed by atoms with Crippen molar-refractivity contribution in [3.8, 4) is 0 Å². The van der Waals surface area contributed by atoms with Gasteiger partial charge in [-0.15, -0.1) is 0 Å². The molecule has 1 aliphatic carbocycles. The van der Waals surface area contributed by atoms with E-state index in [2.05, 4.69) is 21.2 Å². The Labute approximate surface area is 100 Å². The summed E-state index contributed by atoms with van der Waals surface area (Å²) >= 11 is 1.55. The van der Waals surface area contributed by atoms with Crippen LogP contribution in [0.3, 0.4) is 0 Å². The van der Waals surface area contributed by atoms with Gasteiger partial charge in [-0.05, 0) is 25.2 Å². The Hall–Kier alpha value is -0.680. The van der Waals surface area contributed by atoms with E-state index < -0.39 is 0 Å². The topological polar surface area (TPSA) is 55.0 Å². The van der Waals surface area contributed by atoms with Gasteiger partial charge in [0.05, 0.1) is 0 Å². The van der Waals surface area contributed by atoms with E-state index >= 15 is 0 Å². The van der Waals surface area contributed by atoms with Crippen LogP contribution in [-0.2, 0) is 0 Å². The smallest absolute Gasteiger partial charge is 0.205 e. The lowest BCUT2D eigenvalue weighted by atomic mass is 9.95. The van der Waals surface area contributed by atoms with Gasteiger partial charge in [-0.3, -0.25) is 0 Å². The predicted octanol–water partition coefficient (Wildman–Crippen LogP) is 1.59. The van der Waals surface area contributed by atoms with Gasteiger partial charge in [0.1, 0.15) is 5.82 Å². The summed E-state index contributed by atoms with van der Waals surface area (Å²) in [5.74, 6) is 2.29. The molecule has 0 bridgehead atoms. The second-order valence-electron chi connectivity index (χ2n) is 5.09. The van der Waals surface area contributed by atoms with Crippen LogP contribution in [0.5, 0.6) is 0 Å². The fraction of sp³-hybridized carbons (Fsp3) is 0.818. The third kappa shape index (κ3) is 1.94. The molecule has 1 aromatic rings. The van der Waals surface area contributed by atoms with E-state index in [0.29, 0.717) is 17.9 Å². The molecule has 1 aromatic heterocycles. The van der Waals surface area contributed by atoms with E-state index in [1.807, 2.05) is 0 Å². The van der Waals surface area contributed by atoms with Gasteiger partial charge in [-0.1, -0.05) is 6.92 Å². The lowest BCUT2D eigenvalue weighted by molar-refractivity contribution is 0.382. The average Bonchev–Trinajstić information content (AvgIpc) is 3.01. The molecule has 2 fully saturated rings. The Bertz CT molecular complexity index is 374. The van der Waals surface area contributed by atoms with E-state index in [9.17, 15) is 0 Å². The monoisotopic (exact) mass is 238 g/mol.